The first-order chi connectivity index (χ1) is 13.7. The molecule has 1 amide bonds. The van der Waals surface area contributed by atoms with Crippen LogP contribution in [0.15, 0.2) is 47.2 Å². The van der Waals surface area contributed by atoms with E-state index in [1.54, 1.807) is 12.4 Å². The highest BCUT2D eigenvalue weighted by atomic mass is 16.5. The van der Waals surface area contributed by atoms with E-state index in [0.717, 1.165) is 38.0 Å². The van der Waals surface area contributed by atoms with E-state index in [2.05, 4.69) is 32.2 Å². The Morgan fingerprint density at radius 2 is 1.93 bits per heavy atom. The molecule has 1 saturated heterocycles. The first-order valence-electron chi connectivity index (χ1n) is 9.63. The maximum absolute atomic E-state index is 12.5. The van der Waals surface area contributed by atoms with Gasteiger partial charge in [-0.2, -0.15) is 4.98 Å². The molecule has 0 saturated carbocycles. The Morgan fingerprint density at radius 3 is 2.64 bits per heavy atom. The number of carbonyl (C=O) groups is 1. The minimum absolute atomic E-state index is 0.203. The van der Waals surface area contributed by atoms with Crippen molar-refractivity contribution in [1.29, 1.82) is 0 Å². The molecule has 7 heteroatoms. The Balaban J connectivity index is 1.30. The monoisotopic (exact) mass is 377 g/mol. The Hall–Kier alpha value is -3.09. The van der Waals surface area contributed by atoms with Crippen molar-refractivity contribution in [1.82, 2.24) is 25.0 Å². The van der Waals surface area contributed by atoms with Crippen molar-refractivity contribution in [3.8, 4) is 11.6 Å². The minimum Gasteiger partial charge on any atom is -0.343 e. The lowest BCUT2D eigenvalue weighted by atomic mass is 9.95. The molecule has 0 unspecified atom stereocenters. The van der Waals surface area contributed by atoms with Crippen LogP contribution in [0.3, 0.4) is 0 Å². The molecule has 3 heterocycles. The molecular formula is C21H23N5O2. The van der Waals surface area contributed by atoms with Gasteiger partial charge >= 0.3 is 0 Å². The second kappa shape index (κ2) is 8.29. The summed E-state index contributed by atoms with van der Waals surface area (Å²) in [7, 11) is 0. The van der Waals surface area contributed by atoms with Crippen LogP contribution in [0.2, 0.25) is 0 Å². The fourth-order valence-electron chi connectivity index (χ4n) is 3.45. The van der Waals surface area contributed by atoms with Crippen molar-refractivity contribution in [2.45, 2.75) is 38.5 Å². The van der Waals surface area contributed by atoms with Crippen LogP contribution in [-0.4, -0.2) is 44.0 Å². The lowest BCUT2D eigenvalue weighted by Gasteiger charge is -2.30. The molecule has 0 atom stereocenters. The van der Waals surface area contributed by atoms with Crippen molar-refractivity contribution < 1.29 is 9.32 Å². The highest BCUT2D eigenvalue weighted by molar-refractivity contribution is 5.76. The number of benzene rings is 1. The fraction of sp³-hybridized carbons (Fsp3) is 0.381. The molecular weight excluding hydrogens is 354 g/mol. The van der Waals surface area contributed by atoms with Crippen LogP contribution in [0.25, 0.3) is 11.6 Å². The van der Waals surface area contributed by atoms with Gasteiger partial charge in [-0.15, -0.1) is 0 Å². The molecule has 1 aromatic carbocycles. The van der Waals surface area contributed by atoms with E-state index in [9.17, 15) is 4.79 Å². The molecule has 0 aliphatic carbocycles. The van der Waals surface area contributed by atoms with Gasteiger partial charge in [0.05, 0.1) is 11.9 Å². The van der Waals surface area contributed by atoms with Gasteiger partial charge in [-0.3, -0.25) is 9.78 Å². The molecule has 0 spiro atoms. The Bertz CT molecular complexity index is 915. The number of hydrogen-bond acceptors (Lipinski definition) is 6. The van der Waals surface area contributed by atoms with Gasteiger partial charge in [0.15, 0.2) is 5.82 Å². The van der Waals surface area contributed by atoms with Gasteiger partial charge in [-0.25, -0.2) is 4.98 Å². The zero-order valence-corrected chi connectivity index (χ0v) is 15.9. The third-order valence-corrected chi connectivity index (χ3v) is 5.12. The Labute approximate surface area is 163 Å². The van der Waals surface area contributed by atoms with Gasteiger partial charge in [-0.05, 0) is 31.7 Å². The summed E-state index contributed by atoms with van der Waals surface area (Å²) < 4.78 is 5.36. The summed E-state index contributed by atoms with van der Waals surface area (Å²) in [5, 5.41) is 4.13. The number of amides is 1. The molecule has 4 rings (SSSR count). The molecule has 1 aliphatic rings. The Morgan fingerprint density at radius 1 is 1.14 bits per heavy atom. The second-order valence-corrected chi connectivity index (χ2v) is 7.14. The fourth-order valence-corrected chi connectivity index (χ4v) is 3.45. The molecule has 28 heavy (non-hydrogen) atoms. The summed E-state index contributed by atoms with van der Waals surface area (Å²) in [6.45, 7) is 3.34. The number of hydrogen-bond donors (Lipinski definition) is 0. The number of carbonyl (C=O) groups excluding carboxylic acids is 1. The standard InChI is InChI=1S/C21H23N5O2/c1-15-13-23-18(14-22-15)21-24-20(25-28-21)17-9-11-26(12-10-17)19(27)8-7-16-5-3-2-4-6-16/h2-6,13-14,17H,7-12H2,1H3. The molecule has 3 aromatic rings. The molecule has 144 valence electrons. The highest BCUT2D eigenvalue weighted by Gasteiger charge is 2.27. The minimum atomic E-state index is 0.203. The van der Waals surface area contributed by atoms with E-state index in [1.807, 2.05) is 30.0 Å². The predicted octanol–water partition coefficient (Wildman–Crippen LogP) is 3.17. The van der Waals surface area contributed by atoms with Gasteiger partial charge in [0.25, 0.3) is 5.89 Å². The van der Waals surface area contributed by atoms with E-state index in [4.69, 9.17) is 4.52 Å². The second-order valence-electron chi connectivity index (χ2n) is 7.14. The van der Waals surface area contributed by atoms with Crippen LogP contribution in [0, 0.1) is 6.92 Å². The summed E-state index contributed by atoms with van der Waals surface area (Å²) >= 11 is 0. The van der Waals surface area contributed by atoms with Crippen LogP contribution < -0.4 is 0 Å². The number of likely N-dealkylation sites (tertiary alicyclic amines) is 1. The number of aryl methyl sites for hydroxylation is 2. The predicted molar refractivity (Wildman–Crippen MR) is 103 cm³/mol. The third-order valence-electron chi connectivity index (χ3n) is 5.12. The van der Waals surface area contributed by atoms with Crippen LogP contribution in [-0.2, 0) is 11.2 Å². The molecule has 1 fully saturated rings. The Kier molecular flexibility index (Phi) is 5.41. The van der Waals surface area contributed by atoms with Gasteiger partial charge in [0.1, 0.15) is 5.69 Å². The highest BCUT2D eigenvalue weighted by Crippen LogP contribution is 2.27. The molecule has 0 bridgehead atoms. The van der Waals surface area contributed by atoms with E-state index in [0.29, 0.717) is 23.8 Å². The summed E-state index contributed by atoms with van der Waals surface area (Å²) in [5.74, 6) is 1.50. The summed E-state index contributed by atoms with van der Waals surface area (Å²) in [6.07, 6.45) is 6.34. The molecule has 2 aromatic heterocycles. The largest absolute Gasteiger partial charge is 0.343 e. The van der Waals surface area contributed by atoms with E-state index in [-0.39, 0.29) is 11.8 Å². The topological polar surface area (TPSA) is 85.0 Å². The maximum atomic E-state index is 12.5. The first kappa shape index (κ1) is 18.3. The molecule has 1 aliphatic heterocycles. The van der Waals surface area contributed by atoms with Gasteiger partial charge in [0, 0.05) is 31.6 Å². The smallest absolute Gasteiger partial charge is 0.278 e. The molecule has 0 radical (unpaired) electrons. The van der Waals surface area contributed by atoms with Crippen molar-refractivity contribution in [2.24, 2.45) is 0 Å². The quantitative estimate of drug-likeness (QED) is 0.679. The zero-order chi connectivity index (χ0) is 19.3. The van der Waals surface area contributed by atoms with Crippen molar-refractivity contribution in [3.05, 3.63) is 59.8 Å². The number of nitrogens with zero attached hydrogens (tertiary/aromatic N) is 5. The van der Waals surface area contributed by atoms with E-state index >= 15 is 0 Å². The SMILES string of the molecule is Cc1cnc(-c2nc(C3CCN(C(=O)CCc4ccccc4)CC3)no2)cn1. The number of aromatic nitrogens is 4. The van der Waals surface area contributed by atoms with Gasteiger partial charge in [0.2, 0.25) is 5.91 Å². The summed E-state index contributed by atoms with van der Waals surface area (Å²) in [5.41, 5.74) is 2.62. The van der Waals surface area contributed by atoms with E-state index < -0.39 is 0 Å². The first-order valence-corrected chi connectivity index (χ1v) is 9.63. The third kappa shape index (κ3) is 4.24. The summed E-state index contributed by atoms with van der Waals surface area (Å²) in [4.78, 5) is 27.4. The zero-order valence-electron chi connectivity index (χ0n) is 15.9. The number of rotatable bonds is 5. The summed E-state index contributed by atoms with van der Waals surface area (Å²) in [6, 6.07) is 10.1. The normalized spacial score (nSPS) is 15.0. The average Bonchev–Trinajstić information content (AvgIpc) is 3.24. The lowest BCUT2D eigenvalue weighted by Crippen LogP contribution is -2.38. The van der Waals surface area contributed by atoms with Crippen molar-refractivity contribution in [2.75, 3.05) is 13.1 Å². The van der Waals surface area contributed by atoms with E-state index in [1.165, 1.54) is 5.56 Å². The van der Waals surface area contributed by atoms with Crippen LogP contribution in [0.4, 0.5) is 0 Å². The maximum Gasteiger partial charge on any atom is 0.278 e. The molecule has 0 N–H and O–H groups in total. The van der Waals surface area contributed by atoms with Gasteiger partial charge in [-0.1, -0.05) is 35.5 Å². The number of piperidine rings is 1. The average molecular weight is 377 g/mol. The van der Waals surface area contributed by atoms with Crippen LogP contribution >= 0.6 is 0 Å². The lowest BCUT2D eigenvalue weighted by molar-refractivity contribution is -0.132. The van der Waals surface area contributed by atoms with Crippen molar-refractivity contribution >= 4 is 5.91 Å². The van der Waals surface area contributed by atoms with Crippen LogP contribution in [0.1, 0.15) is 42.3 Å². The van der Waals surface area contributed by atoms with Gasteiger partial charge < -0.3 is 9.42 Å². The van der Waals surface area contributed by atoms with Crippen molar-refractivity contribution in [3.63, 3.8) is 0 Å². The van der Waals surface area contributed by atoms with Crippen LogP contribution in [0.5, 0.6) is 0 Å². The molecule has 7 nitrogen and oxygen atoms in total.